The highest BCUT2D eigenvalue weighted by Crippen LogP contribution is 2.31. The number of ether oxygens (including phenoxy) is 1. The fourth-order valence-corrected chi connectivity index (χ4v) is 3.40. The van der Waals surface area contributed by atoms with E-state index in [9.17, 15) is 0 Å². The zero-order valence-electron chi connectivity index (χ0n) is 11.3. The summed E-state index contributed by atoms with van der Waals surface area (Å²) in [4.78, 5) is 1.23. The summed E-state index contributed by atoms with van der Waals surface area (Å²) in [5.41, 5.74) is 6.17. The van der Waals surface area contributed by atoms with E-state index < -0.39 is 0 Å². The second kappa shape index (κ2) is 9.08. The minimum Gasteiger partial charge on any atom is -0.371 e. The molecule has 0 amide bonds. The van der Waals surface area contributed by atoms with Crippen LogP contribution in [0.1, 0.15) is 56.9 Å². The van der Waals surface area contributed by atoms with Crippen molar-refractivity contribution < 1.29 is 4.74 Å². The van der Waals surface area contributed by atoms with Crippen molar-refractivity contribution in [2.45, 2.75) is 58.1 Å². The lowest BCUT2D eigenvalue weighted by Gasteiger charge is -2.22. The summed E-state index contributed by atoms with van der Waals surface area (Å²) < 4.78 is 7.14. The van der Waals surface area contributed by atoms with Gasteiger partial charge in [-0.05, 0) is 40.9 Å². The molecule has 0 fully saturated rings. The summed E-state index contributed by atoms with van der Waals surface area (Å²) in [6, 6.07) is 4.26. The van der Waals surface area contributed by atoms with Crippen molar-refractivity contribution in [2.75, 3.05) is 6.61 Å². The van der Waals surface area contributed by atoms with E-state index >= 15 is 0 Å². The summed E-state index contributed by atoms with van der Waals surface area (Å²) >= 11 is 5.22. The molecule has 2 nitrogen and oxygen atoms in total. The van der Waals surface area contributed by atoms with Crippen LogP contribution < -0.4 is 5.73 Å². The van der Waals surface area contributed by atoms with Crippen molar-refractivity contribution >= 4 is 27.3 Å². The Morgan fingerprint density at radius 1 is 1.28 bits per heavy atom. The maximum atomic E-state index is 6.17. The molecule has 104 valence electrons. The van der Waals surface area contributed by atoms with Gasteiger partial charge in [0.1, 0.15) is 6.10 Å². The normalized spacial score (nSPS) is 14.7. The van der Waals surface area contributed by atoms with E-state index in [0.717, 1.165) is 23.2 Å². The van der Waals surface area contributed by atoms with Gasteiger partial charge in [-0.1, -0.05) is 33.1 Å². The summed E-state index contributed by atoms with van der Waals surface area (Å²) in [6.07, 6.45) is 5.92. The standard InChI is InChI=1S/C14H24BrNOS/c1-3-5-6-7-10-17-14(11(16)4-2)12-8-9-13(15)18-12/h8-9,11,14H,3-7,10,16H2,1-2H3. The molecular formula is C14H24BrNOS. The predicted octanol–water partition coefficient (Wildman–Crippen LogP) is 4.89. The molecule has 0 aliphatic heterocycles. The number of thiophene rings is 1. The first-order chi connectivity index (χ1) is 8.69. The molecule has 1 aromatic heterocycles. The van der Waals surface area contributed by atoms with Gasteiger partial charge in [0.2, 0.25) is 0 Å². The Kier molecular flexibility index (Phi) is 8.15. The Labute approximate surface area is 123 Å². The van der Waals surface area contributed by atoms with Gasteiger partial charge in [-0.25, -0.2) is 0 Å². The highest BCUT2D eigenvalue weighted by Gasteiger charge is 2.20. The molecular weight excluding hydrogens is 310 g/mol. The molecule has 4 heteroatoms. The van der Waals surface area contributed by atoms with Gasteiger partial charge in [0.05, 0.1) is 3.79 Å². The van der Waals surface area contributed by atoms with Gasteiger partial charge in [-0.15, -0.1) is 11.3 Å². The summed E-state index contributed by atoms with van der Waals surface area (Å²) in [5.74, 6) is 0. The SMILES string of the molecule is CCCCCCOC(c1ccc(Br)s1)C(N)CC. The zero-order valence-corrected chi connectivity index (χ0v) is 13.7. The van der Waals surface area contributed by atoms with Gasteiger partial charge in [-0.3, -0.25) is 0 Å². The number of unbranched alkanes of at least 4 members (excludes halogenated alkanes) is 3. The van der Waals surface area contributed by atoms with Crippen LogP contribution in [0.25, 0.3) is 0 Å². The molecule has 0 saturated heterocycles. The molecule has 0 radical (unpaired) electrons. The summed E-state index contributed by atoms with van der Waals surface area (Å²) in [7, 11) is 0. The smallest absolute Gasteiger partial charge is 0.107 e. The van der Waals surface area contributed by atoms with Crippen LogP contribution in [-0.4, -0.2) is 12.6 Å². The zero-order chi connectivity index (χ0) is 13.4. The molecule has 2 N–H and O–H groups in total. The maximum Gasteiger partial charge on any atom is 0.107 e. The number of hydrogen-bond acceptors (Lipinski definition) is 3. The van der Waals surface area contributed by atoms with Gasteiger partial charge in [0.15, 0.2) is 0 Å². The third-order valence-electron chi connectivity index (χ3n) is 3.03. The topological polar surface area (TPSA) is 35.2 Å². The number of halogens is 1. The second-order valence-electron chi connectivity index (χ2n) is 4.57. The highest BCUT2D eigenvalue weighted by molar-refractivity contribution is 9.11. The Balaban J connectivity index is 2.46. The van der Waals surface area contributed by atoms with Crippen molar-refractivity contribution in [3.63, 3.8) is 0 Å². The molecule has 1 heterocycles. The molecule has 0 aliphatic carbocycles. The number of nitrogens with two attached hydrogens (primary N) is 1. The van der Waals surface area contributed by atoms with E-state index in [-0.39, 0.29) is 12.1 Å². The minimum atomic E-state index is 0.0490. The number of rotatable bonds is 9. The lowest BCUT2D eigenvalue weighted by molar-refractivity contribution is 0.0335. The second-order valence-corrected chi connectivity index (χ2v) is 7.06. The van der Waals surface area contributed by atoms with Crippen molar-refractivity contribution in [3.05, 3.63) is 20.8 Å². The average molecular weight is 334 g/mol. The van der Waals surface area contributed by atoms with E-state index in [1.54, 1.807) is 11.3 Å². The molecule has 1 aromatic rings. The van der Waals surface area contributed by atoms with Crippen LogP contribution in [0.4, 0.5) is 0 Å². The van der Waals surface area contributed by atoms with E-state index in [2.05, 4.69) is 41.9 Å². The van der Waals surface area contributed by atoms with E-state index in [4.69, 9.17) is 10.5 Å². The van der Waals surface area contributed by atoms with Crippen LogP contribution >= 0.6 is 27.3 Å². The lowest BCUT2D eigenvalue weighted by Crippen LogP contribution is -2.29. The van der Waals surface area contributed by atoms with Gasteiger partial charge < -0.3 is 10.5 Å². The molecule has 0 saturated carbocycles. The summed E-state index contributed by atoms with van der Waals surface area (Å²) in [5, 5.41) is 0. The van der Waals surface area contributed by atoms with E-state index in [1.165, 1.54) is 24.1 Å². The van der Waals surface area contributed by atoms with Crippen molar-refractivity contribution in [2.24, 2.45) is 5.73 Å². The van der Waals surface area contributed by atoms with Crippen molar-refractivity contribution in [3.8, 4) is 0 Å². The molecule has 0 aromatic carbocycles. The third-order valence-corrected chi connectivity index (χ3v) is 4.72. The Morgan fingerprint density at radius 3 is 2.61 bits per heavy atom. The largest absolute Gasteiger partial charge is 0.371 e. The first kappa shape index (κ1) is 16.2. The van der Waals surface area contributed by atoms with Crippen LogP contribution in [0, 0.1) is 0 Å². The average Bonchev–Trinajstić information content (AvgIpc) is 2.79. The Morgan fingerprint density at radius 2 is 2.06 bits per heavy atom. The van der Waals surface area contributed by atoms with E-state index in [1.807, 2.05) is 0 Å². The molecule has 18 heavy (non-hydrogen) atoms. The third kappa shape index (κ3) is 5.39. The fourth-order valence-electron chi connectivity index (χ4n) is 1.85. The fraction of sp³-hybridized carbons (Fsp3) is 0.714. The Bertz CT molecular complexity index is 329. The first-order valence-electron chi connectivity index (χ1n) is 6.81. The van der Waals surface area contributed by atoms with Gasteiger partial charge in [0.25, 0.3) is 0 Å². The van der Waals surface area contributed by atoms with Crippen LogP contribution in [0.15, 0.2) is 15.9 Å². The molecule has 1 rings (SSSR count). The Hall–Kier alpha value is 0.1000. The lowest BCUT2D eigenvalue weighted by atomic mass is 10.1. The molecule has 2 unspecified atom stereocenters. The van der Waals surface area contributed by atoms with Gasteiger partial charge >= 0.3 is 0 Å². The van der Waals surface area contributed by atoms with Gasteiger partial charge in [-0.2, -0.15) is 0 Å². The van der Waals surface area contributed by atoms with Crippen LogP contribution in [-0.2, 0) is 4.74 Å². The quantitative estimate of drug-likeness (QED) is 0.653. The summed E-state index contributed by atoms with van der Waals surface area (Å²) in [6.45, 7) is 5.15. The number of hydrogen-bond donors (Lipinski definition) is 1. The molecule has 0 spiro atoms. The first-order valence-corrected chi connectivity index (χ1v) is 8.42. The predicted molar refractivity (Wildman–Crippen MR) is 83.1 cm³/mol. The minimum absolute atomic E-state index is 0.0490. The van der Waals surface area contributed by atoms with Crippen LogP contribution in [0.5, 0.6) is 0 Å². The van der Waals surface area contributed by atoms with Gasteiger partial charge in [0, 0.05) is 17.5 Å². The monoisotopic (exact) mass is 333 g/mol. The van der Waals surface area contributed by atoms with Crippen LogP contribution in [0.2, 0.25) is 0 Å². The maximum absolute atomic E-state index is 6.17. The van der Waals surface area contributed by atoms with Crippen molar-refractivity contribution in [1.29, 1.82) is 0 Å². The molecule has 2 atom stereocenters. The van der Waals surface area contributed by atoms with Crippen molar-refractivity contribution in [1.82, 2.24) is 0 Å². The van der Waals surface area contributed by atoms with Crippen LogP contribution in [0.3, 0.4) is 0 Å². The van der Waals surface area contributed by atoms with E-state index in [0.29, 0.717) is 0 Å². The molecule has 0 aliphatic rings. The molecule has 0 bridgehead atoms. The highest BCUT2D eigenvalue weighted by atomic mass is 79.9.